The zero-order chi connectivity index (χ0) is 9.14. The summed E-state index contributed by atoms with van der Waals surface area (Å²) in [4.78, 5) is 12.7. The molecule has 1 aliphatic rings. The van der Waals surface area contributed by atoms with Gasteiger partial charge in [0.2, 0.25) is 0 Å². The van der Waals surface area contributed by atoms with E-state index in [-0.39, 0.29) is 12.6 Å². The van der Waals surface area contributed by atoms with Crippen molar-refractivity contribution < 1.29 is 15.0 Å². The maximum absolute atomic E-state index is 10.7. The second-order valence-electron chi connectivity index (χ2n) is 3.32. The summed E-state index contributed by atoms with van der Waals surface area (Å²) in [6.07, 6.45) is 1.59. The van der Waals surface area contributed by atoms with Crippen LogP contribution in [-0.2, 0) is 4.79 Å². The summed E-state index contributed by atoms with van der Waals surface area (Å²) >= 11 is 0. The van der Waals surface area contributed by atoms with Crippen molar-refractivity contribution >= 4 is 5.97 Å². The van der Waals surface area contributed by atoms with Gasteiger partial charge in [0.25, 0.3) is 0 Å². The van der Waals surface area contributed by atoms with Gasteiger partial charge in [-0.25, -0.2) is 0 Å². The molecule has 0 aromatic carbocycles. The molecule has 0 radical (unpaired) electrons. The normalized spacial score (nSPS) is 31.8. The van der Waals surface area contributed by atoms with Crippen molar-refractivity contribution in [2.75, 3.05) is 20.2 Å². The molecule has 0 spiro atoms. The van der Waals surface area contributed by atoms with Gasteiger partial charge >= 0.3 is 5.97 Å². The molecule has 0 aromatic rings. The average Bonchev–Trinajstić information content (AvgIpc) is 2.03. The lowest BCUT2D eigenvalue weighted by Crippen LogP contribution is -2.47. The summed E-state index contributed by atoms with van der Waals surface area (Å²) < 4.78 is 0. The van der Waals surface area contributed by atoms with Gasteiger partial charge < -0.3 is 15.1 Å². The van der Waals surface area contributed by atoms with E-state index < -0.39 is 11.9 Å². The molecule has 1 fully saturated rings. The number of aliphatic hydroxyl groups is 1. The van der Waals surface area contributed by atoms with Crippen LogP contribution in [0.3, 0.4) is 0 Å². The van der Waals surface area contributed by atoms with Gasteiger partial charge in [-0.15, -0.1) is 0 Å². The number of nitrogens with zero attached hydrogens (tertiary/aromatic N) is 1. The number of likely N-dealkylation sites (tertiary alicyclic amines) is 1. The Bertz CT molecular complexity index is 172. The molecule has 1 saturated heterocycles. The smallest absolute Gasteiger partial charge is 0.308 e. The number of aliphatic hydroxyl groups excluding tert-OH is 1. The predicted molar refractivity (Wildman–Crippen MR) is 43.9 cm³/mol. The molecule has 4 nitrogen and oxygen atoms in total. The quantitative estimate of drug-likeness (QED) is 0.605. The number of piperidine rings is 1. The molecule has 0 aliphatic carbocycles. The predicted octanol–water partition coefficient (Wildman–Crippen LogP) is -0.226. The van der Waals surface area contributed by atoms with Crippen LogP contribution in [0.2, 0.25) is 0 Å². The van der Waals surface area contributed by atoms with Crippen LogP contribution < -0.4 is 0 Å². The van der Waals surface area contributed by atoms with E-state index in [0.717, 1.165) is 13.0 Å². The molecule has 0 bridgehead atoms. The van der Waals surface area contributed by atoms with Crippen LogP contribution in [0.15, 0.2) is 0 Å². The van der Waals surface area contributed by atoms with Crippen molar-refractivity contribution in [2.45, 2.75) is 18.9 Å². The second-order valence-corrected chi connectivity index (χ2v) is 3.32. The first kappa shape index (κ1) is 9.48. The van der Waals surface area contributed by atoms with Crippen LogP contribution in [0.4, 0.5) is 0 Å². The number of hydrogen-bond donors (Lipinski definition) is 2. The third-order valence-electron chi connectivity index (χ3n) is 2.56. The van der Waals surface area contributed by atoms with E-state index in [9.17, 15) is 4.79 Å². The highest BCUT2D eigenvalue weighted by Gasteiger charge is 2.33. The first-order valence-corrected chi connectivity index (χ1v) is 4.20. The van der Waals surface area contributed by atoms with Gasteiger partial charge in [-0.2, -0.15) is 0 Å². The fourth-order valence-corrected chi connectivity index (χ4v) is 1.78. The molecular weight excluding hydrogens is 158 g/mol. The number of carboxylic acid groups (broad SMARTS) is 1. The Morgan fingerprint density at radius 1 is 1.67 bits per heavy atom. The maximum atomic E-state index is 10.7. The third kappa shape index (κ3) is 1.76. The van der Waals surface area contributed by atoms with E-state index in [4.69, 9.17) is 10.2 Å². The van der Waals surface area contributed by atoms with E-state index in [2.05, 4.69) is 0 Å². The first-order chi connectivity index (χ1) is 5.66. The van der Waals surface area contributed by atoms with Crippen molar-refractivity contribution in [3.63, 3.8) is 0 Å². The molecule has 0 saturated carbocycles. The second kappa shape index (κ2) is 3.87. The molecule has 0 amide bonds. The Kier molecular flexibility index (Phi) is 3.05. The van der Waals surface area contributed by atoms with Crippen LogP contribution in [0.5, 0.6) is 0 Å². The summed E-state index contributed by atoms with van der Waals surface area (Å²) in [5.41, 5.74) is 0. The van der Waals surface area contributed by atoms with E-state index >= 15 is 0 Å². The molecule has 1 heterocycles. The average molecular weight is 173 g/mol. The number of rotatable bonds is 2. The number of likely N-dealkylation sites (N-methyl/N-ethyl adjacent to an activating group) is 1. The maximum Gasteiger partial charge on any atom is 0.308 e. The highest BCUT2D eigenvalue weighted by Crippen LogP contribution is 2.21. The van der Waals surface area contributed by atoms with Crippen LogP contribution in [0.1, 0.15) is 12.8 Å². The van der Waals surface area contributed by atoms with Gasteiger partial charge in [-0.3, -0.25) is 4.79 Å². The number of aliphatic carboxylic acids is 1. The minimum absolute atomic E-state index is 0.0620. The Balaban J connectivity index is 2.64. The van der Waals surface area contributed by atoms with Crippen molar-refractivity contribution in [2.24, 2.45) is 5.92 Å². The molecule has 0 unspecified atom stereocenters. The molecule has 0 aromatic heterocycles. The molecule has 70 valence electrons. The van der Waals surface area contributed by atoms with Crippen LogP contribution in [-0.4, -0.2) is 47.3 Å². The fraction of sp³-hybridized carbons (Fsp3) is 0.875. The third-order valence-corrected chi connectivity index (χ3v) is 2.56. The van der Waals surface area contributed by atoms with Gasteiger partial charge in [0, 0.05) is 6.04 Å². The monoisotopic (exact) mass is 173 g/mol. The highest BCUT2D eigenvalue weighted by molar-refractivity contribution is 5.71. The molecule has 1 rings (SSSR count). The van der Waals surface area contributed by atoms with Gasteiger partial charge in [0.15, 0.2) is 0 Å². The van der Waals surface area contributed by atoms with Crippen LogP contribution in [0, 0.1) is 5.92 Å². The molecular formula is C8H15NO3. The molecule has 4 heteroatoms. The standard InChI is InChI=1S/C8H15NO3/c1-9-4-2-3-6(8(11)12)7(9)5-10/h6-7,10H,2-5H2,1H3,(H,11,12)/t6-,7-/m1/s1. The topological polar surface area (TPSA) is 60.8 Å². The number of hydrogen-bond acceptors (Lipinski definition) is 3. The van der Waals surface area contributed by atoms with Crippen LogP contribution >= 0.6 is 0 Å². The SMILES string of the molecule is CN1CCC[C@@H](C(=O)O)[C@H]1CO. The Morgan fingerprint density at radius 2 is 2.33 bits per heavy atom. The minimum Gasteiger partial charge on any atom is -0.481 e. The highest BCUT2D eigenvalue weighted by atomic mass is 16.4. The molecule has 1 aliphatic heterocycles. The van der Waals surface area contributed by atoms with Gasteiger partial charge in [-0.1, -0.05) is 0 Å². The van der Waals surface area contributed by atoms with E-state index in [1.54, 1.807) is 0 Å². The van der Waals surface area contributed by atoms with Crippen molar-refractivity contribution in [1.29, 1.82) is 0 Å². The lowest BCUT2D eigenvalue weighted by atomic mass is 9.90. The van der Waals surface area contributed by atoms with Gasteiger partial charge in [0.1, 0.15) is 0 Å². The van der Waals surface area contributed by atoms with E-state index in [1.165, 1.54) is 0 Å². The number of carbonyl (C=O) groups is 1. The fourth-order valence-electron chi connectivity index (χ4n) is 1.78. The van der Waals surface area contributed by atoms with Crippen molar-refractivity contribution in [3.8, 4) is 0 Å². The lowest BCUT2D eigenvalue weighted by molar-refractivity contribution is -0.146. The summed E-state index contributed by atoms with van der Waals surface area (Å²) in [7, 11) is 1.86. The summed E-state index contributed by atoms with van der Waals surface area (Å²) in [6, 6.07) is -0.198. The summed E-state index contributed by atoms with van der Waals surface area (Å²) in [6.45, 7) is 0.822. The van der Waals surface area contributed by atoms with Crippen molar-refractivity contribution in [3.05, 3.63) is 0 Å². The van der Waals surface area contributed by atoms with Gasteiger partial charge in [0.05, 0.1) is 12.5 Å². The zero-order valence-electron chi connectivity index (χ0n) is 7.23. The van der Waals surface area contributed by atoms with E-state index in [0.29, 0.717) is 6.42 Å². The Hall–Kier alpha value is -0.610. The zero-order valence-corrected chi connectivity index (χ0v) is 7.23. The minimum atomic E-state index is -0.791. The van der Waals surface area contributed by atoms with Crippen LogP contribution in [0.25, 0.3) is 0 Å². The first-order valence-electron chi connectivity index (χ1n) is 4.20. The Labute approximate surface area is 71.8 Å². The molecule has 12 heavy (non-hydrogen) atoms. The lowest BCUT2D eigenvalue weighted by Gasteiger charge is -2.35. The van der Waals surface area contributed by atoms with E-state index in [1.807, 2.05) is 11.9 Å². The summed E-state index contributed by atoms with van der Waals surface area (Å²) in [5, 5.41) is 17.8. The largest absolute Gasteiger partial charge is 0.481 e. The Morgan fingerprint density at radius 3 is 2.75 bits per heavy atom. The molecule has 2 N–H and O–H groups in total. The molecule has 2 atom stereocenters. The van der Waals surface area contributed by atoms with Gasteiger partial charge in [-0.05, 0) is 26.4 Å². The summed E-state index contributed by atoms with van der Waals surface area (Å²) in [5.74, 6) is -1.19. The number of carboxylic acids is 1. The van der Waals surface area contributed by atoms with Crippen molar-refractivity contribution in [1.82, 2.24) is 4.90 Å².